The molecule has 2 aliphatic rings. The maximum absolute atomic E-state index is 12.6. The zero-order chi connectivity index (χ0) is 21.0. The normalized spacial score (nSPS) is 17.6. The molecule has 7 heteroatoms. The van der Waals surface area contributed by atoms with Crippen LogP contribution >= 0.6 is 11.8 Å². The molecule has 3 aromatic rings. The molecule has 0 atom stereocenters. The summed E-state index contributed by atoms with van der Waals surface area (Å²) in [4.78, 5) is 16.7. The molecule has 0 spiro atoms. The summed E-state index contributed by atoms with van der Waals surface area (Å²) in [5, 5.41) is 17.8. The second-order valence-corrected chi connectivity index (χ2v) is 8.46. The van der Waals surface area contributed by atoms with Gasteiger partial charge in [-0.25, -0.2) is 0 Å². The topological polar surface area (TPSA) is 73.8 Å². The van der Waals surface area contributed by atoms with E-state index in [1.54, 1.807) is 6.08 Å². The van der Waals surface area contributed by atoms with E-state index in [4.69, 9.17) is 5.41 Å². The molecule has 1 aromatic heterocycles. The number of amidine groups is 2. The van der Waals surface area contributed by atoms with Gasteiger partial charge in [0.1, 0.15) is 0 Å². The van der Waals surface area contributed by atoms with Gasteiger partial charge >= 0.3 is 0 Å². The van der Waals surface area contributed by atoms with Crippen LogP contribution in [-0.2, 0) is 4.79 Å². The lowest BCUT2D eigenvalue weighted by Crippen LogP contribution is -2.35. The minimum atomic E-state index is -0.404. The van der Waals surface area contributed by atoms with Crippen LogP contribution in [0.15, 0.2) is 64.2 Å². The molecule has 5 rings (SSSR count). The largest absolute Gasteiger partial charge is 0.317 e. The van der Waals surface area contributed by atoms with E-state index in [1.807, 2.05) is 39.0 Å². The minimum absolute atomic E-state index is 0.0595. The van der Waals surface area contributed by atoms with Gasteiger partial charge in [-0.05, 0) is 61.7 Å². The van der Waals surface area contributed by atoms with Crippen LogP contribution in [0.4, 0.5) is 0 Å². The number of hydrogen-bond donors (Lipinski definition) is 1. The van der Waals surface area contributed by atoms with Gasteiger partial charge in [-0.2, -0.15) is 15.1 Å². The van der Waals surface area contributed by atoms with E-state index in [2.05, 4.69) is 45.0 Å². The standard InChI is InChI=1S/C23H19N5OS/c1-13-11-17(12-19-21(24)28-23(25-22(19)29)30-15(3)26-28)14(2)27(13)20-10-6-8-16-7-4-5-9-18(16)20/h4-12,24H,1-3H3. The Morgan fingerprint density at radius 3 is 2.67 bits per heavy atom. The van der Waals surface area contributed by atoms with Crippen molar-refractivity contribution in [2.45, 2.75) is 20.8 Å². The van der Waals surface area contributed by atoms with Crippen LogP contribution < -0.4 is 0 Å². The van der Waals surface area contributed by atoms with Crippen molar-refractivity contribution in [2.24, 2.45) is 10.1 Å². The van der Waals surface area contributed by atoms with E-state index in [0.29, 0.717) is 5.17 Å². The van der Waals surface area contributed by atoms with Crippen LogP contribution in [0.5, 0.6) is 0 Å². The zero-order valence-electron chi connectivity index (χ0n) is 16.8. The summed E-state index contributed by atoms with van der Waals surface area (Å²) in [5.41, 5.74) is 4.28. The molecule has 6 nitrogen and oxygen atoms in total. The summed E-state index contributed by atoms with van der Waals surface area (Å²) in [5.74, 6) is -0.345. The number of nitrogens with one attached hydrogen (secondary N) is 1. The molecule has 0 bridgehead atoms. The number of hydrazone groups is 1. The second kappa shape index (κ2) is 6.81. The second-order valence-electron chi connectivity index (χ2n) is 7.30. The van der Waals surface area contributed by atoms with Gasteiger partial charge in [-0.1, -0.05) is 36.4 Å². The molecule has 0 unspecified atom stereocenters. The van der Waals surface area contributed by atoms with E-state index in [0.717, 1.165) is 33.1 Å². The van der Waals surface area contributed by atoms with Gasteiger partial charge < -0.3 is 4.57 Å². The van der Waals surface area contributed by atoms with Gasteiger partial charge in [-0.15, -0.1) is 0 Å². The fraction of sp³-hybridized carbons (Fsp3) is 0.130. The highest BCUT2D eigenvalue weighted by Gasteiger charge is 2.34. The van der Waals surface area contributed by atoms with Crippen molar-refractivity contribution in [3.63, 3.8) is 0 Å². The van der Waals surface area contributed by atoms with Gasteiger partial charge in [0.2, 0.25) is 5.17 Å². The van der Waals surface area contributed by atoms with Crippen molar-refractivity contribution in [3.05, 3.63) is 71.1 Å². The number of carbonyl (C=O) groups excluding carboxylic acids is 1. The van der Waals surface area contributed by atoms with E-state index in [-0.39, 0.29) is 11.4 Å². The summed E-state index contributed by atoms with van der Waals surface area (Å²) in [6.07, 6.45) is 1.75. The Labute approximate surface area is 178 Å². The molecule has 148 valence electrons. The van der Waals surface area contributed by atoms with Gasteiger partial charge in [0.05, 0.1) is 16.3 Å². The highest BCUT2D eigenvalue weighted by molar-refractivity contribution is 8.26. The quantitative estimate of drug-likeness (QED) is 0.608. The Bertz CT molecular complexity index is 1340. The number of aliphatic imine (C=N–C) groups is 1. The fourth-order valence-corrected chi connectivity index (χ4v) is 4.68. The number of hydrogen-bond acceptors (Lipinski definition) is 4. The van der Waals surface area contributed by atoms with E-state index >= 15 is 0 Å². The Kier molecular flexibility index (Phi) is 4.22. The molecule has 1 N–H and O–H groups in total. The lowest BCUT2D eigenvalue weighted by Gasteiger charge is -2.20. The summed E-state index contributed by atoms with van der Waals surface area (Å²) in [6.45, 7) is 5.91. The fourth-order valence-electron chi connectivity index (χ4n) is 3.95. The molecule has 0 saturated heterocycles. The predicted octanol–water partition coefficient (Wildman–Crippen LogP) is 4.89. The molecule has 0 aliphatic carbocycles. The minimum Gasteiger partial charge on any atom is -0.317 e. The molecule has 2 aromatic carbocycles. The van der Waals surface area contributed by atoms with E-state index in [9.17, 15) is 4.79 Å². The lowest BCUT2D eigenvalue weighted by molar-refractivity contribution is -0.114. The number of benzene rings is 2. The summed E-state index contributed by atoms with van der Waals surface area (Å²) < 4.78 is 2.19. The number of fused-ring (bicyclic) bond motifs is 2. The van der Waals surface area contributed by atoms with Crippen LogP contribution in [0.2, 0.25) is 0 Å². The maximum atomic E-state index is 12.6. The Morgan fingerprint density at radius 1 is 1.07 bits per heavy atom. The SMILES string of the molecule is CC1=NN2C(=N)C(=Cc3cc(C)n(-c4cccc5ccccc45)c3C)C(=O)N=C2S1. The number of thioether (sulfide) groups is 1. The third kappa shape index (κ3) is 2.81. The first-order valence-corrected chi connectivity index (χ1v) is 10.4. The van der Waals surface area contributed by atoms with Crippen LogP contribution in [-0.4, -0.2) is 31.5 Å². The van der Waals surface area contributed by atoms with Crippen LogP contribution in [0.1, 0.15) is 23.9 Å². The summed E-state index contributed by atoms with van der Waals surface area (Å²) >= 11 is 1.31. The van der Waals surface area contributed by atoms with Gasteiger partial charge in [0, 0.05) is 16.8 Å². The van der Waals surface area contributed by atoms with Crippen molar-refractivity contribution in [2.75, 3.05) is 0 Å². The first kappa shape index (κ1) is 18.6. The van der Waals surface area contributed by atoms with Crippen LogP contribution in [0.25, 0.3) is 22.5 Å². The van der Waals surface area contributed by atoms with Gasteiger partial charge in [0.15, 0.2) is 5.84 Å². The number of rotatable bonds is 2. The molecule has 3 heterocycles. The van der Waals surface area contributed by atoms with Crippen molar-refractivity contribution in [1.82, 2.24) is 9.58 Å². The average Bonchev–Trinajstić information content (AvgIpc) is 3.23. The van der Waals surface area contributed by atoms with Crippen molar-refractivity contribution < 1.29 is 4.79 Å². The molecule has 2 aliphatic heterocycles. The number of amides is 1. The first-order chi connectivity index (χ1) is 14.4. The van der Waals surface area contributed by atoms with Crippen LogP contribution in [0, 0.1) is 19.3 Å². The molecular formula is C23H19N5OS. The Balaban J connectivity index is 1.63. The third-order valence-electron chi connectivity index (χ3n) is 5.33. The van der Waals surface area contributed by atoms with Crippen molar-refractivity contribution in [3.8, 4) is 5.69 Å². The zero-order valence-corrected chi connectivity index (χ0v) is 17.6. The molecule has 0 radical (unpaired) electrons. The third-order valence-corrected chi connectivity index (χ3v) is 6.16. The molecule has 30 heavy (non-hydrogen) atoms. The van der Waals surface area contributed by atoms with Gasteiger partial charge in [0.25, 0.3) is 5.91 Å². The smallest absolute Gasteiger partial charge is 0.283 e. The highest BCUT2D eigenvalue weighted by Crippen LogP contribution is 2.31. The van der Waals surface area contributed by atoms with E-state index < -0.39 is 5.91 Å². The lowest BCUT2D eigenvalue weighted by atomic mass is 10.1. The number of carbonyl (C=O) groups is 1. The number of nitrogens with zero attached hydrogens (tertiary/aromatic N) is 4. The first-order valence-electron chi connectivity index (χ1n) is 9.58. The monoisotopic (exact) mass is 413 g/mol. The molecule has 1 amide bonds. The molecular weight excluding hydrogens is 394 g/mol. The van der Waals surface area contributed by atoms with Crippen LogP contribution in [0.3, 0.4) is 0 Å². The Morgan fingerprint density at radius 2 is 1.83 bits per heavy atom. The summed E-state index contributed by atoms with van der Waals surface area (Å²) in [6, 6.07) is 16.6. The highest BCUT2D eigenvalue weighted by atomic mass is 32.2. The number of aryl methyl sites for hydroxylation is 1. The Hall–Kier alpha value is -3.45. The summed E-state index contributed by atoms with van der Waals surface area (Å²) in [7, 11) is 0. The molecule has 0 fully saturated rings. The molecule has 0 saturated carbocycles. The van der Waals surface area contributed by atoms with Crippen molar-refractivity contribution >= 4 is 50.6 Å². The predicted molar refractivity (Wildman–Crippen MR) is 123 cm³/mol. The average molecular weight is 414 g/mol. The van der Waals surface area contributed by atoms with Crippen molar-refractivity contribution in [1.29, 1.82) is 5.41 Å². The number of aromatic nitrogens is 1. The van der Waals surface area contributed by atoms with E-state index in [1.165, 1.54) is 22.2 Å². The van der Waals surface area contributed by atoms with Gasteiger partial charge in [-0.3, -0.25) is 10.2 Å². The maximum Gasteiger partial charge on any atom is 0.283 e.